The van der Waals surface area contributed by atoms with Crippen molar-refractivity contribution in [1.29, 1.82) is 0 Å². The van der Waals surface area contributed by atoms with Crippen molar-refractivity contribution >= 4 is 16.9 Å². The van der Waals surface area contributed by atoms with E-state index in [4.69, 9.17) is 4.98 Å². The van der Waals surface area contributed by atoms with Gasteiger partial charge in [-0.15, -0.1) is 0 Å². The summed E-state index contributed by atoms with van der Waals surface area (Å²) in [5, 5.41) is 3.03. The van der Waals surface area contributed by atoms with E-state index in [1.807, 2.05) is 6.92 Å². The smallest absolute Gasteiger partial charge is 0.219 e. The van der Waals surface area contributed by atoms with Crippen LogP contribution in [0.5, 0.6) is 0 Å². The maximum absolute atomic E-state index is 11.7. The summed E-state index contributed by atoms with van der Waals surface area (Å²) in [5.74, 6) is 1.33. The topological polar surface area (TPSA) is 46.9 Å². The predicted molar refractivity (Wildman–Crippen MR) is 146 cm³/mol. The lowest BCUT2D eigenvalue weighted by Crippen LogP contribution is -2.24. The minimum absolute atomic E-state index is 0.165. The Morgan fingerprint density at radius 2 is 1.35 bits per heavy atom. The van der Waals surface area contributed by atoms with Gasteiger partial charge in [-0.3, -0.25) is 4.79 Å². The van der Waals surface area contributed by atoms with Crippen molar-refractivity contribution in [2.24, 2.45) is 0 Å². The van der Waals surface area contributed by atoms with Gasteiger partial charge in [0, 0.05) is 25.9 Å². The Bertz CT molecular complexity index is 782. The highest BCUT2D eigenvalue weighted by Crippen LogP contribution is 2.19. The van der Waals surface area contributed by atoms with Gasteiger partial charge in [0.05, 0.1) is 11.0 Å². The number of nitrogens with one attached hydrogen (secondary N) is 1. The van der Waals surface area contributed by atoms with E-state index in [0.29, 0.717) is 6.42 Å². The Morgan fingerprint density at radius 3 is 1.97 bits per heavy atom. The number of imidazole rings is 1. The van der Waals surface area contributed by atoms with E-state index >= 15 is 0 Å². The van der Waals surface area contributed by atoms with E-state index < -0.39 is 0 Å². The fourth-order valence-electron chi connectivity index (χ4n) is 4.82. The molecule has 0 saturated carbocycles. The molecular weight excluding hydrogens is 418 g/mol. The molecule has 2 aromatic rings. The van der Waals surface area contributed by atoms with Crippen LogP contribution in [-0.2, 0) is 17.8 Å². The molecule has 0 unspecified atom stereocenters. The zero-order valence-electron chi connectivity index (χ0n) is 22.3. The largest absolute Gasteiger partial charge is 0.356 e. The molecule has 2 rings (SSSR count). The first-order valence-electron chi connectivity index (χ1n) is 14.5. The van der Waals surface area contributed by atoms with Gasteiger partial charge in [-0.2, -0.15) is 0 Å². The molecule has 1 aromatic carbocycles. The van der Waals surface area contributed by atoms with Crippen LogP contribution < -0.4 is 5.32 Å². The fourth-order valence-corrected chi connectivity index (χ4v) is 4.82. The molecule has 1 aromatic heterocycles. The summed E-state index contributed by atoms with van der Waals surface area (Å²) >= 11 is 0. The zero-order valence-corrected chi connectivity index (χ0v) is 22.3. The number of hydrogen-bond acceptors (Lipinski definition) is 2. The molecule has 0 aliphatic carbocycles. The minimum Gasteiger partial charge on any atom is -0.356 e. The van der Waals surface area contributed by atoms with E-state index in [2.05, 4.69) is 41.1 Å². The van der Waals surface area contributed by atoms with Crippen LogP contribution in [0.1, 0.15) is 129 Å². The van der Waals surface area contributed by atoms with Gasteiger partial charge >= 0.3 is 0 Å². The molecule has 4 heteroatoms. The predicted octanol–water partition coefficient (Wildman–Crippen LogP) is 8.37. The highest BCUT2D eigenvalue weighted by Gasteiger charge is 2.10. The molecule has 0 spiro atoms. The molecule has 1 heterocycles. The molecule has 34 heavy (non-hydrogen) atoms. The van der Waals surface area contributed by atoms with Crippen LogP contribution in [0.4, 0.5) is 0 Å². The SMILES string of the molecule is CCCCCCCCCCCCCCCCn1c(CCCNC(=O)CCC)nc2ccccc21. The second-order valence-electron chi connectivity index (χ2n) is 9.97. The first kappa shape index (κ1) is 28.4. The normalized spacial score (nSPS) is 11.4. The monoisotopic (exact) mass is 469 g/mol. The molecule has 0 radical (unpaired) electrons. The van der Waals surface area contributed by atoms with Gasteiger partial charge in [0.1, 0.15) is 5.82 Å². The third-order valence-electron chi connectivity index (χ3n) is 6.85. The average Bonchev–Trinajstić information content (AvgIpc) is 3.19. The van der Waals surface area contributed by atoms with Crippen LogP contribution in [0.15, 0.2) is 24.3 Å². The highest BCUT2D eigenvalue weighted by atomic mass is 16.1. The number of aromatic nitrogens is 2. The molecule has 4 nitrogen and oxygen atoms in total. The molecule has 0 aliphatic heterocycles. The van der Waals surface area contributed by atoms with E-state index in [0.717, 1.165) is 37.9 Å². The van der Waals surface area contributed by atoms with Crippen molar-refractivity contribution in [2.75, 3.05) is 6.54 Å². The van der Waals surface area contributed by atoms with Crippen LogP contribution in [-0.4, -0.2) is 22.0 Å². The molecular formula is C30H51N3O. The van der Waals surface area contributed by atoms with Crippen LogP contribution in [0.3, 0.4) is 0 Å². The lowest BCUT2D eigenvalue weighted by molar-refractivity contribution is -0.121. The number of fused-ring (bicyclic) bond motifs is 1. The van der Waals surface area contributed by atoms with Crippen molar-refractivity contribution in [2.45, 2.75) is 136 Å². The lowest BCUT2D eigenvalue weighted by Gasteiger charge is -2.10. The van der Waals surface area contributed by atoms with Crippen molar-refractivity contribution in [3.8, 4) is 0 Å². The van der Waals surface area contributed by atoms with Crippen molar-refractivity contribution in [1.82, 2.24) is 14.9 Å². The number of rotatable bonds is 21. The molecule has 1 N–H and O–H groups in total. The van der Waals surface area contributed by atoms with Gasteiger partial charge in [0.15, 0.2) is 0 Å². The Balaban J connectivity index is 1.60. The summed E-state index contributed by atoms with van der Waals surface area (Å²) in [4.78, 5) is 16.6. The third-order valence-corrected chi connectivity index (χ3v) is 6.85. The Morgan fingerprint density at radius 1 is 0.765 bits per heavy atom. The van der Waals surface area contributed by atoms with Crippen LogP contribution in [0.2, 0.25) is 0 Å². The summed E-state index contributed by atoms with van der Waals surface area (Å²) in [7, 11) is 0. The molecule has 1 amide bonds. The van der Waals surface area contributed by atoms with Crippen LogP contribution in [0, 0.1) is 0 Å². The maximum Gasteiger partial charge on any atom is 0.219 e. The highest BCUT2D eigenvalue weighted by molar-refractivity contribution is 5.76. The summed E-state index contributed by atoms with van der Waals surface area (Å²) in [6, 6.07) is 8.49. The van der Waals surface area contributed by atoms with Gasteiger partial charge in [-0.25, -0.2) is 4.98 Å². The number of amides is 1. The molecule has 0 saturated heterocycles. The Labute approximate surface area is 209 Å². The van der Waals surface area contributed by atoms with Gasteiger partial charge in [0.2, 0.25) is 5.91 Å². The Kier molecular flexibility index (Phi) is 15.4. The number of hydrogen-bond donors (Lipinski definition) is 1. The van der Waals surface area contributed by atoms with Crippen molar-refractivity contribution < 1.29 is 4.79 Å². The van der Waals surface area contributed by atoms with Gasteiger partial charge in [-0.1, -0.05) is 109 Å². The quantitative estimate of drug-likeness (QED) is 0.187. The van der Waals surface area contributed by atoms with Crippen LogP contribution >= 0.6 is 0 Å². The number of nitrogens with zero attached hydrogens (tertiary/aromatic N) is 2. The summed E-state index contributed by atoms with van der Waals surface area (Å²) in [6.45, 7) is 6.12. The second-order valence-corrected chi connectivity index (χ2v) is 9.97. The fraction of sp³-hybridized carbons (Fsp3) is 0.733. The average molecular weight is 470 g/mol. The maximum atomic E-state index is 11.7. The van der Waals surface area contributed by atoms with Crippen molar-refractivity contribution in [3.05, 3.63) is 30.1 Å². The summed E-state index contributed by atoms with van der Waals surface area (Å²) < 4.78 is 2.42. The van der Waals surface area contributed by atoms with E-state index in [-0.39, 0.29) is 5.91 Å². The molecule has 0 aliphatic rings. The molecule has 192 valence electrons. The zero-order chi connectivity index (χ0) is 24.3. The number of benzene rings is 1. The number of carbonyl (C=O) groups excluding carboxylic acids is 1. The van der Waals surface area contributed by atoms with Gasteiger partial charge in [-0.05, 0) is 31.4 Å². The summed E-state index contributed by atoms with van der Waals surface area (Å²) in [5.41, 5.74) is 2.35. The second kappa shape index (κ2) is 18.5. The minimum atomic E-state index is 0.165. The van der Waals surface area contributed by atoms with Gasteiger partial charge in [0.25, 0.3) is 0 Å². The third kappa shape index (κ3) is 11.5. The van der Waals surface area contributed by atoms with E-state index in [1.165, 1.54) is 101 Å². The standard InChI is InChI=1S/C30H51N3O/c1-3-5-6-7-8-9-10-11-12-13-14-15-16-19-26-33-28-23-18-17-22-27(28)32-29(33)24-20-25-31-30(34)21-4-2/h17-18,22-23H,3-16,19-21,24-26H2,1-2H3,(H,31,34). The number of aryl methyl sites for hydroxylation is 2. The number of para-hydroxylation sites is 2. The first-order chi connectivity index (χ1) is 16.8. The van der Waals surface area contributed by atoms with E-state index in [1.54, 1.807) is 0 Å². The molecule has 0 bridgehead atoms. The number of carbonyl (C=O) groups is 1. The summed E-state index contributed by atoms with van der Waals surface area (Å²) in [6.07, 6.45) is 22.8. The molecule has 0 fully saturated rings. The number of unbranched alkanes of at least 4 members (excludes halogenated alkanes) is 13. The van der Waals surface area contributed by atoms with Crippen molar-refractivity contribution in [3.63, 3.8) is 0 Å². The lowest BCUT2D eigenvalue weighted by atomic mass is 10.0. The van der Waals surface area contributed by atoms with Crippen LogP contribution in [0.25, 0.3) is 11.0 Å². The van der Waals surface area contributed by atoms with E-state index in [9.17, 15) is 4.79 Å². The Hall–Kier alpha value is -1.84. The molecule has 0 atom stereocenters. The first-order valence-corrected chi connectivity index (χ1v) is 14.5. The van der Waals surface area contributed by atoms with Gasteiger partial charge < -0.3 is 9.88 Å².